The van der Waals surface area contributed by atoms with Crippen molar-refractivity contribution in [2.75, 3.05) is 26.7 Å². The largest absolute Gasteiger partial charge is 0.336 e. The summed E-state index contributed by atoms with van der Waals surface area (Å²) in [6, 6.07) is 4.85. The summed E-state index contributed by atoms with van der Waals surface area (Å²) in [6.07, 6.45) is 0. The first kappa shape index (κ1) is 13.5. The lowest BCUT2D eigenvalue weighted by Gasteiger charge is -2.37. The van der Waals surface area contributed by atoms with Gasteiger partial charge in [-0.15, -0.1) is 0 Å². The lowest BCUT2D eigenvalue weighted by atomic mass is 10.1. The summed E-state index contributed by atoms with van der Waals surface area (Å²) < 4.78 is 13.8. The van der Waals surface area contributed by atoms with Crippen LogP contribution in [0.4, 0.5) is 4.39 Å². The van der Waals surface area contributed by atoms with Crippen molar-refractivity contribution >= 4 is 21.8 Å². The first-order chi connectivity index (χ1) is 8.49. The van der Waals surface area contributed by atoms with Gasteiger partial charge in [0, 0.05) is 31.2 Å². The molecule has 1 aromatic carbocycles. The van der Waals surface area contributed by atoms with E-state index in [-0.39, 0.29) is 5.91 Å². The molecule has 3 nitrogen and oxygen atoms in total. The molecule has 1 aliphatic heterocycles. The van der Waals surface area contributed by atoms with Gasteiger partial charge in [0.05, 0.1) is 4.47 Å². The average Bonchev–Trinajstić information content (AvgIpc) is 2.35. The third-order valence-electron chi connectivity index (χ3n) is 3.41. The van der Waals surface area contributed by atoms with E-state index in [1.165, 1.54) is 6.07 Å². The van der Waals surface area contributed by atoms with Crippen LogP contribution in [0.2, 0.25) is 0 Å². The second kappa shape index (κ2) is 5.36. The number of piperazine rings is 1. The zero-order valence-corrected chi connectivity index (χ0v) is 12.1. The van der Waals surface area contributed by atoms with Crippen LogP contribution in [-0.2, 0) is 0 Å². The van der Waals surface area contributed by atoms with Crippen LogP contribution < -0.4 is 0 Å². The number of rotatable bonds is 1. The van der Waals surface area contributed by atoms with Crippen molar-refractivity contribution in [2.45, 2.75) is 13.0 Å². The lowest BCUT2D eigenvalue weighted by molar-refractivity contribution is 0.0572. The predicted molar refractivity (Wildman–Crippen MR) is 72.1 cm³/mol. The SMILES string of the molecule is CC1CN(C(=O)c2ccc(Br)c(F)c2)CCN1C. The van der Waals surface area contributed by atoms with Crippen molar-refractivity contribution in [1.82, 2.24) is 9.80 Å². The van der Waals surface area contributed by atoms with Gasteiger partial charge < -0.3 is 9.80 Å². The van der Waals surface area contributed by atoms with Crippen molar-refractivity contribution < 1.29 is 9.18 Å². The van der Waals surface area contributed by atoms with E-state index in [0.29, 0.717) is 29.2 Å². The molecule has 1 aliphatic rings. The number of hydrogen-bond donors (Lipinski definition) is 0. The van der Waals surface area contributed by atoms with Crippen molar-refractivity contribution in [1.29, 1.82) is 0 Å². The van der Waals surface area contributed by atoms with Gasteiger partial charge in [0.15, 0.2) is 0 Å². The maximum Gasteiger partial charge on any atom is 0.254 e. The number of carbonyl (C=O) groups excluding carboxylic acids is 1. The molecule has 1 fully saturated rings. The van der Waals surface area contributed by atoms with Crippen LogP contribution >= 0.6 is 15.9 Å². The summed E-state index contributed by atoms with van der Waals surface area (Å²) in [7, 11) is 2.05. The predicted octanol–water partition coefficient (Wildman–Crippen LogP) is 2.36. The number of amides is 1. The minimum absolute atomic E-state index is 0.0960. The Morgan fingerprint density at radius 2 is 2.17 bits per heavy atom. The van der Waals surface area contributed by atoms with Crippen LogP contribution in [0.3, 0.4) is 0 Å². The second-order valence-corrected chi connectivity index (χ2v) is 5.56. The van der Waals surface area contributed by atoms with Gasteiger partial charge in [-0.2, -0.15) is 0 Å². The van der Waals surface area contributed by atoms with Gasteiger partial charge in [-0.05, 0) is 48.1 Å². The van der Waals surface area contributed by atoms with Gasteiger partial charge in [-0.3, -0.25) is 4.79 Å². The highest BCUT2D eigenvalue weighted by Crippen LogP contribution is 2.18. The summed E-state index contributed by atoms with van der Waals surface area (Å²) in [5, 5.41) is 0. The van der Waals surface area contributed by atoms with Gasteiger partial charge in [0.2, 0.25) is 0 Å². The van der Waals surface area contributed by atoms with Gasteiger partial charge in [0.1, 0.15) is 5.82 Å². The van der Waals surface area contributed by atoms with E-state index >= 15 is 0 Å². The fraction of sp³-hybridized carbons (Fsp3) is 0.462. The number of benzene rings is 1. The normalized spacial score (nSPS) is 21.1. The van der Waals surface area contributed by atoms with Crippen molar-refractivity contribution in [3.8, 4) is 0 Å². The minimum Gasteiger partial charge on any atom is -0.336 e. The van der Waals surface area contributed by atoms with Crippen molar-refractivity contribution in [3.63, 3.8) is 0 Å². The highest BCUT2D eigenvalue weighted by molar-refractivity contribution is 9.10. The van der Waals surface area contributed by atoms with Crippen LogP contribution in [0.25, 0.3) is 0 Å². The van der Waals surface area contributed by atoms with Crippen LogP contribution in [0.1, 0.15) is 17.3 Å². The zero-order valence-electron chi connectivity index (χ0n) is 10.5. The molecule has 0 N–H and O–H groups in total. The van der Waals surface area contributed by atoms with E-state index < -0.39 is 5.82 Å². The van der Waals surface area contributed by atoms with E-state index in [1.54, 1.807) is 17.0 Å². The Balaban J connectivity index is 2.14. The van der Waals surface area contributed by atoms with Gasteiger partial charge in [-0.25, -0.2) is 4.39 Å². The molecule has 0 aromatic heterocycles. The van der Waals surface area contributed by atoms with Crippen LogP contribution in [0, 0.1) is 5.82 Å². The number of carbonyl (C=O) groups is 1. The van der Waals surface area contributed by atoms with Crippen molar-refractivity contribution in [3.05, 3.63) is 34.1 Å². The molecular weight excluding hydrogens is 299 g/mol. The summed E-state index contributed by atoms with van der Waals surface area (Å²) in [4.78, 5) is 16.2. The van der Waals surface area contributed by atoms with E-state index in [2.05, 4.69) is 27.8 Å². The summed E-state index contributed by atoms with van der Waals surface area (Å²) >= 11 is 3.09. The summed E-state index contributed by atoms with van der Waals surface area (Å²) in [5.74, 6) is -0.496. The quantitative estimate of drug-likeness (QED) is 0.794. The first-order valence-corrected chi connectivity index (χ1v) is 6.73. The molecule has 0 radical (unpaired) electrons. The molecule has 1 saturated heterocycles. The molecule has 2 rings (SSSR count). The second-order valence-electron chi connectivity index (χ2n) is 4.71. The van der Waals surface area contributed by atoms with Crippen LogP contribution in [0.15, 0.2) is 22.7 Å². The van der Waals surface area contributed by atoms with Gasteiger partial charge in [-0.1, -0.05) is 0 Å². The fourth-order valence-corrected chi connectivity index (χ4v) is 2.29. The Hall–Kier alpha value is -0.940. The molecule has 1 atom stereocenters. The molecule has 1 aromatic rings. The molecule has 0 bridgehead atoms. The molecule has 0 spiro atoms. The minimum atomic E-state index is -0.400. The highest BCUT2D eigenvalue weighted by Gasteiger charge is 2.25. The Kier molecular flexibility index (Phi) is 4.02. The number of nitrogens with zero attached hydrogens (tertiary/aromatic N) is 2. The first-order valence-electron chi connectivity index (χ1n) is 5.93. The lowest BCUT2D eigenvalue weighted by Crippen LogP contribution is -2.52. The zero-order chi connectivity index (χ0) is 13.3. The smallest absolute Gasteiger partial charge is 0.254 e. The topological polar surface area (TPSA) is 23.6 Å². The van der Waals surface area contributed by atoms with E-state index in [1.807, 2.05) is 7.05 Å². The van der Waals surface area contributed by atoms with Crippen LogP contribution in [-0.4, -0.2) is 48.4 Å². The maximum absolute atomic E-state index is 13.4. The molecule has 1 heterocycles. The van der Waals surface area contributed by atoms with Gasteiger partial charge >= 0.3 is 0 Å². The average molecular weight is 315 g/mol. The Labute approximate surface area is 115 Å². The van der Waals surface area contributed by atoms with Crippen molar-refractivity contribution in [2.24, 2.45) is 0 Å². The molecule has 1 amide bonds. The molecule has 5 heteroatoms. The molecule has 98 valence electrons. The summed E-state index contributed by atoms with van der Waals surface area (Å²) in [5.41, 5.74) is 0.410. The molecular formula is C13H16BrFN2O. The fourth-order valence-electron chi connectivity index (χ4n) is 2.04. The third-order valence-corrected chi connectivity index (χ3v) is 4.06. The third kappa shape index (κ3) is 2.72. The Morgan fingerprint density at radius 1 is 1.44 bits per heavy atom. The molecule has 18 heavy (non-hydrogen) atoms. The monoisotopic (exact) mass is 314 g/mol. The number of likely N-dealkylation sites (N-methyl/N-ethyl adjacent to an activating group) is 1. The van der Waals surface area contributed by atoms with E-state index in [0.717, 1.165) is 6.54 Å². The molecule has 1 unspecified atom stereocenters. The number of hydrogen-bond acceptors (Lipinski definition) is 2. The summed E-state index contributed by atoms with van der Waals surface area (Å²) in [6.45, 7) is 4.32. The van der Waals surface area contributed by atoms with E-state index in [4.69, 9.17) is 0 Å². The highest BCUT2D eigenvalue weighted by atomic mass is 79.9. The number of halogens is 2. The molecule has 0 saturated carbocycles. The maximum atomic E-state index is 13.4. The van der Waals surface area contributed by atoms with E-state index in [9.17, 15) is 9.18 Å². The Bertz CT molecular complexity index is 466. The Morgan fingerprint density at radius 3 is 2.78 bits per heavy atom. The molecule has 0 aliphatic carbocycles. The van der Waals surface area contributed by atoms with Crippen LogP contribution in [0.5, 0.6) is 0 Å². The van der Waals surface area contributed by atoms with Gasteiger partial charge in [0.25, 0.3) is 5.91 Å². The standard InChI is InChI=1S/C13H16BrFN2O/c1-9-8-17(6-5-16(9)2)13(18)10-3-4-11(14)12(15)7-10/h3-4,7,9H,5-6,8H2,1-2H3.